The Kier molecular flexibility index (Phi) is 3.70. The second-order valence-electron chi connectivity index (χ2n) is 7.05. The predicted molar refractivity (Wildman–Crippen MR) is 83.1 cm³/mol. The van der Waals surface area contributed by atoms with Crippen LogP contribution in [0.2, 0.25) is 0 Å². The summed E-state index contributed by atoms with van der Waals surface area (Å²) in [6.45, 7) is 6.01. The minimum atomic E-state index is -0.946. The molecule has 0 spiro atoms. The van der Waals surface area contributed by atoms with Gasteiger partial charge in [0.05, 0.1) is 12.2 Å². The molecule has 2 atom stereocenters. The first-order valence-corrected chi connectivity index (χ1v) is 7.77. The van der Waals surface area contributed by atoms with Crippen LogP contribution in [0.15, 0.2) is 12.1 Å². The van der Waals surface area contributed by atoms with Gasteiger partial charge < -0.3 is 19.9 Å². The van der Waals surface area contributed by atoms with Gasteiger partial charge in [0, 0.05) is 23.9 Å². The molecule has 0 saturated heterocycles. The van der Waals surface area contributed by atoms with E-state index < -0.39 is 17.7 Å². The number of alkyl carbamates (subject to hydrolysis) is 1. The van der Waals surface area contributed by atoms with Crippen LogP contribution < -0.4 is 10.1 Å². The van der Waals surface area contributed by atoms with Crippen molar-refractivity contribution in [1.29, 1.82) is 0 Å². The Labute approximate surface area is 134 Å². The average Bonchev–Trinajstić information content (AvgIpc) is 2.99. The number of carbonyl (C=O) groups is 2. The number of carboxylic acid groups (broad SMARTS) is 1. The van der Waals surface area contributed by atoms with Crippen LogP contribution in [0.25, 0.3) is 0 Å². The van der Waals surface area contributed by atoms with Gasteiger partial charge in [0.25, 0.3) is 0 Å². The van der Waals surface area contributed by atoms with E-state index in [0.29, 0.717) is 6.61 Å². The van der Waals surface area contributed by atoms with Gasteiger partial charge in [-0.05, 0) is 44.9 Å². The van der Waals surface area contributed by atoms with Gasteiger partial charge in [0.15, 0.2) is 0 Å². The highest BCUT2D eigenvalue weighted by Gasteiger charge is 2.43. The molecule has 2 N–H and O–H groups in total. The maximum atomic E-state index is 11.8. The molecule has 1 saturated carbocycles. The van der Waals surface area contributed by atoms with E-state index in [4.69, 9.17) is 9.47 Å². The van der Waals surface area contributed by atoms with Crippen LogP contribution in [-0.2, 0) is 11.2 Å². The molecule has 1 amide bonds. The summed E-state index contributed by atoms with van der Waals surface area (Å²) in [5.74, 6) is -0.0830. The number of rotatable bonds is 3. The van der Waals surface area contributed by atoms with Gasteiger partial charge in [-0.2, -0.15) is 0 Å². The molecular weight excluding hydrogens is 298 g/mol. The first-order valence-electron chi connectivity index (χ1n) is 7.77. The Hall–Kier alpha value is -2.24. The smallest absolute Gasteiger partial charge is 0.407 e. The number of nitrogens with one attached hydrogen (secondary N) is 1. The van der Waals surface area contributed by atoms with Gasteiger partial charge in [-0.3, -0.25) is 0 Å². The number of hydrogen-bond acceptors (Lipinski definition) is 4. The van der Waals surface area contributed by atoms with E-state index in [0.717, 1.165) is 29.7 Å². The molecule has 1 aromatic carbocycles. The average molecular weight is 319 g/mol. The molecular formula is C17H21NO5. The summed E-state index contributed by atoms with van der Waals surface area (Å²) in [5.41, 5.74) is 1.54. The molecule has 1 heterocycles. The summed E-state index contributed by atoms with van der Waals surface area (Å²) >= 11 is 0. The fourth-order valence-corrected chi connectivity index (χ4v) is 2.89. The highest BCUT2D eigenvalue weighted by Crippen LogP contribution is 2.47. The van der Waals surface area contributed by atoms with E-state index >= 15 is 0 Å². The van der Waals surface area contributed by atoms with Crippen molar-refractivity contribution in [3.63, 3.8) is 0 Å². The highest BCUT2D eigenvalue weighted by atomic mass is 16.6. The van der Waals surface area contributed by atoms with E-state index in [1.54, 1.807) is 12.1 Å². The summed E-state index contributed by atoms with van der Waals surface area (Å²) < 4.78 is 10.9. The molecule has 1 aromatic rings. The van der Waals surface area contributed by atoms with E-state index in [9.17, 15) is 14.7 Å². The van der Waals surface area contributed by atoms with Gasteiger partial charge in [-0.15, -0.1) is 0 Å². The van der Waals surface area contributed by atoms with Gasteiger partial charge in [0.2, 0.25) is 0 Å². The molecule has 1 fully saturated rings. The molecule has 23 heavy (non-hydrogen) atoms. The quantitative estimate of drug-likeness (QED) is 0.895. The Morgan fingerprint density at radius 1 is 1.35 bits per heavy atom. The number of hydrogen-bond donors (Lipinski definition) is 2. The third-order valence-electron chi connectivity index (χ3n) is 3.95. The van der Waals surface area contributed by atoms with Crippen molar-refractivity contribution in [2.24, 2.45) is 0 Å². The lowest BCUT2D eigenvalue weighted by molar-refractivity contribution is 0.0522. The van der Waals surface area contributed by atoms with Crippen LogP contribution in [0.4, 0.5) is 4.79 Å². The minimum Gasteiger partial charge on any atom is -0.493 e. The van der Waals surface area contributed by atoms with Gasteiger partial charge in [0.1, 0.15) is 11.4 Å². The second kappa shape index (κ2) is 5.44. The molecule has 1 aliphatic carbocycles. The normalized spacial score (nSPS) is 22.0. The van der Waals surface area contributed by atoms with Crippen molar-refractivity contribution < 1.29 is 24.2 Å². The fraction of sp³-hybridized carbons (Fsp3) is 0.529. The van der Waals surface area contributed by atoms with Gasteiger partial charge in [-0.1, -0.05) is 0 Å². The number of amides is 1. The predicted octanol–water partition coefficient (Wildman–Crippen LogP) is 2.70. The lowest BCUT2D eigenvalue weighted by Gasteiger charge is -2.19. The zero-order valence-electron chi connectivity index (χ0n) is 13.5. The topological polar surface area (TPSA) is 84.9 Å². The maximum Gasteiger partial charge on any atom is 0.407 e. The fourth-order valence-electron chi connectivity index (χ4n) is 2.89. The number of aromatic carboxylic acids is 1. The molecule has 0 radical (unpaired) electrons. The maximum absolute atomic E-state index is 11.8. The SMILES string of the molecule is CC(C)(C)OC(=O)NC1CC1c1cc(C(=O)O)cc2c1OCC2. The van der Waals surface area contributed by atoms with Crippen LogP contribution in [0.5, 0.6) is 5.75 Å². The van der Waals surface area contributed by atoms with Crippen LogP contribution in [-0.4, -0.2) is 35.4 Å². The van der Waals surface area contributed by atoms with Crippen molar-refractivity contribution in [1.82, 2.24) is 5.32 Å². The largest absolute Gasteiger partial charge is 0.493 e. The molecule has 124 valence electrons. The van der Waals surface area contributed by atoms with Gasteiger partial charge >= 0.3 is 12.1 Å². The number of benzene rings is 1. The minimum absolute atomic E-state index is 0.0396. The van der Waals surface area contributed by atoms with Crippen molar-refractivity contribution >= 4 is 12.1 Å². The number of ether oxygens (including phenoxy) is 2. The third-order valence-corrected chi connectivity index (χ3v) is 3.95. The van der Waals surface area contributed by atoms with Crippen molar-refractivity contribution in [2.45, 2.75) is 51.2 Å². The second-order valence-corrected chi connectivity index (χ2v) is 7.05. The summed E-state index contributed by atoms with van der Waals surface area (Å²) in [7, 11) is 0. The van der Waals surface area contributed by atoms with E-state index in [1.807, 2.05) is 20.8 Å². The molecule has 3 rings (SSSR count). The Bertz CT molecular complexity index is 662. The number of carbonyl (C=O) groups excluding carboxylic acids is 1. The van der Waals surface area contributed by atoms with Gasteiger partial charge in [-0.25, -0.2) is 9.59 Å². The first kappa shape index (κ1) is 15.6. The Balaban J connectivity index is 1.74. The molecule has 2 aliphatic rings. The highest BCUT2D eigenvalue weighted by molar-refractivity contribution is 5.88. The Morgan fingerprint density at radius 3 is 2.74 bits per heavy atom. The monoisotopic (exact) mass is 319 g/mol. The molecule has 6 nitrogen and oxygen atoms in total. The summed E-state index contributed by atoms with van der Waals surface area (Å²) in [6, 6.07) is 3.29. The standard InChI is InChI=1S/C17H21NO5/c1-17(2,3)23-16(21)18-13-8-11(13)12-7-10(15(19)20)6-9-4-5-22-14(9)12/h6-7,11,13H,4-5,8H2,1-3H3,(H,18,21)(H,19,20). The van der Waals surface area contributed by atoms with E-state index in [1.165, 1.54) is 0 Å². The third kappa shape index (κ3) is 3.41. The van der Waals surface area contributed by atoms with Crippen LogP contribution >= 0.6 is 0 Å². The molecule has 0 aromatic heterocycles. The summed E-state index contributed by atoms with van der Waals surface area (Å²) in [4.78, 5) is 23.1. The van der Waals surface area contributed by atoms with E-state index in [2.05, 4.69) is 5.32 Å². The molecule has 1 aliphatic heterocycles. The summed E-state index contributed by atoms with van der Waals surface area (Å²) in [6.07, 6.45) is 1.04. The zero-order valence-corrected chi connectivity index (χ0v) is 13.5. The van der Waals surface area contributed by atoms with Crippen molar-refractivity contribution in [3.05, 3.63) is 28.8 Å². The van der Waals surface area contributed by atoms with E-state index in [-0.39, 0.29) is 17.5 Å². The van der Waals surface area contributed by atoms with Crippen LogP contribution in [0, 0.1) is 0 Å². The summed E-state index contributed by atoms with van der Waals surface area (Å²) in [5, 5.41) is 12.1. The van der Waals surface area contributed by atoms with Crippen LogP contribution in [0.1, 0.15) is 54.6 Å². The number of fused-ring (bicyclic) bond motifs is 1. The number of carboxylic acids is 1. The van der Waals surface area contributed by atoms with Crippen molar-refractivity contribution in [3.8, 4) is 5.75 Å². The van der Waals surface area contributed by atoms with Crippen molar-refractivity contribution in [2.75, 3.05) is 6.61 Å². The zero-order chi connectivity index (χ0) is 16.8. The first-order chi connectivity index (χ1) is 10.7. The molecule has 2 unspecified atom stereocenters. The molecule has 0 bridgehead atoms. The lowest BCUT2D eigenvalue weighted by atomic mass is 10.00. The lowest BCUT2D eigenvalue weighted by Crippen LogP contribution is -2.34. The molecule has 6 heteroatoms. The van der Waals surface area contributed by atoms with Crippen LogP contribution in [0.3, 0.4) is 0 Å². The Morgan fingerprint density at radius 2 is 2.09 bits per heavy atom.